The molecular formula is C26H40O3. The molecule has 1 heterocycles. The monoisotopic (exact) mass is 400 g/mol. The fourth-order valence-corrected chi connectivity index (χ4v) is 6.09. The summed E-state index contributed by atoms with van der Waals surface area (Å²) in [5, 5.41) is 0. The molecule has 0 aromatic carbocycles. The summed E-state index contributed by atoms with van der Waals surface area (Å²) in [7, 11) is 1.83. The van der Waals surface area contributed by atoms with Crippen LogP contribution in [-0.4, -0.2) is 38.1 Å². The van der Waals surface area contributed by atoms with Crippen molar-refractivity contribution in [1.29, 1.82) is 0 Å². The zero-order chi connectivity index (χ0) is 20.6. The molecule has 3 nitrogen and oxygen atoms in total. The molecule has 0 aromatic heterocycles. The van der Waals surface area contributed by atoms with Gasteiger partial charge in [0.1, 0.15) is 6.10 Å². The second-order valence-corrected chi connectivity index (χ2v) is 10.6. The molecule has 29 heavy (non-hydrogen) atoms. The molecule has 1 aliphatic heterocycles. The molecule has 2 unspecified atom stereocenters. The summed E-state index contributed by atoms with van der Waals surface area (Å²) in [5.41, 5.74) is 4.78. The minimum atomic E-state index is 0.0291. The van der Waals surface area contributed by atoms with Gasteiger partial charge in [0, 0.05) is 7.11 Å². The zero-order valence-corrected chi connectivity index (χ0v) is 19.0. The summed E-state index contributed by atoms with van der Waals surface area (Å²) < 4.78 is 17.4. The highest BCUT2D eigenvalue weighted by Gasteiger charge is 2.50. The predicted octanol–water partition coefficient (Wildman–Crippen LogP) is 6.00. The second kappa shape index (κ2) is 8.32. The zero-order valence-electron chi connectivity index (χ0n) is 19.0. The van der Waals surface area contributed by atoms with E-state index in [1.165, 1.54) is 43.3 Å². The first kappa shape index (κ1) is 21.3. The third kappa shape index (κ3) is 4.43. The first-order chi connectivity index (χ1) is 13.8. The van der Waals surface area contributed by atoms with Gasteiger partial charge in [0.2, 0.25) is 0 Å². The Morgan fingerprint density at radius 2 is 1.90 bits per heavy atom. The smallest absolute Gasteiger partial charge is 0.110 e. The Labute approximate surface area is 177 Å². The van der Waals surface area contributed by atoms with Crippen LogP contribution >= 0.6 is 0 Å². The standard InChI is InChI=1S/C26H40O3/c1-18-8-12-22(27-5)15-20(18)10-9-19-7-6-14-26(4)21(11-13-23(19)26)16-28-17-24-25(2,3)29-24/h9-10,21-24H,1,6-8,11-17H2,2-5H3/b19-9+,20-10+/t21-,22+,23?,24?,26-/m1/s1. The molecule has 4 rings (SSSR count). The van der Waals surface area contributed by atoms with E-state index in [-0.39, 0.29) is 5.60 Å². The normalized spacial score (nSPS) is 41.7. The largest absolute Gasteiger partial charge is 0.381 e. The third-order valence-corrected chi connectivity index (χ3v) is 8.42. The van der Waals surface area contributed by atoms with Crippen LogP contribution in [0.15, 0.2) is 35.5 Å². The number of epoxide rings is 1. The molecule has 4 fully saturated rings. The first-order valence-corrected chi connectivity index (χ1v) is 11.7. The van der Waals surface area contributed by atoms with Crippen molar-refractivity contribution in [2.75, 3.05) is 20.3 Å². The molecule has 0 spiro atoms. The Hall–Kier alpha value is -0.900. The van der Waals surface area contributed by atoms with E-state index in [1.54, 1.807) is 5.57 Å². The lowest BCUT2D eigenvalue weighted by atomic mass is 9.63. The van der Waals surface area contributed by atoms with Gasteiger partial charge >= 0.3 is 0 Å². The van der Waals surface area contributed by atoms with Crippen LogP contribution in [0.1, 0.15) is 72.1 Å². The Morgan fingerprint density at radius 3 is 2.62 bits per heavy atom. The maximum absolute atomic E-state index is 6.14. The third-order valence-electron chi connectivity index (χ3n) is 8.42. The highest BCUT2D eigenvalue weighted by molar-refractivity contribution is 5.36. The van der Waals surface area contributed by atoms with Crippen LogP contribution in [0.5, 0.6) is 0 Å². The minimum absolute atomic E-state index is 0.0291. The topological polar surface area (TPSA) is 31.0 Å². The average molecular weight is 401 g/mol. The predicted molar refractivity (Wildman–Crippen MR) is 118 cm³/mol. The Balaban J connectivity index is 1.39. The highest BCUT2D eigenvalue weighted by atomic mass is 16.6. The Morgan fingerprint density at radius 1 is 1.10 bits per heavy atom. The minimum Gasteiger partial charge on any atom is -0.381 e. The Kier molecular flexibility index (Phi) is 6.12. The van der Waals surface area contributed by atoms with E-state index in [2.05, 4.69) is 39.5 Å². The molecule has 0 radical (unpaired) electrons. The lowest BCUT2D eigenvalue weighted by Gasteiger charge is -2.42. The van der Waals surface area contributed by atoms with Crippen LogP contribution in [0, 0.1) is 17.3 Å². The van der Waals surface area contributed by atoms with Crippen molar-refractivity contribution in [3.05, 3.63) is 35.5 Å². The fraction of sp³-hybridized carbons (Fsp3) is 0.769. The van der Waals surface area contributed by atoms with Crippen molar-refractivity contribution in [3.63, 3.8) is 0 Å². The fourth-order valence-electron chi connectivity index (χ4n) is 6.09. The van der Waals surface area contributed by atoms with E-state index in [4.69, 9.17) is 14.2 Å². The van der Waals surface area contributed by atoms with Crippen LogP contribution in [-0.2, 0) is 14.2 Å². The maximum Gasteiger partial charge on any atom is 0.110 e. The molecule has 3 heteroatoms. The number of methoxy groups -OCH3 is 1. The maximum atomic E-state index is 6.14. The number of allylic oxidation sites excluding steroid dienone is 4. The van der Waals surface area contributed by atoms with E-state index in [9.17, 15) is 0 Å². The molecule has 0 bridgehead atoms. The van der Waals surface area contributed by atoms with Gasteiger partial charge in [0.25, 0.3) is 0 Å². The van der Waals surface area contributed by atoms with Crippen molar-refractivity contribution in [2.45, 2.75) is 89.9 Å². The van der Waals surface area contributed by atoms with E-state index < -0.39 is 0 Å². The summed E-state index contributed by atoms with van der Waals surface area (Å²) in [6, 6.07) is 0. The number of rotatable bonds is 6. The number of hydrogen-bond donors (Lipinski definition) is 0. The SMILES string of the molecule is C=C1CC[C@H](OC)C/C1=C\C=C1/CCC[C@@]2(C)C1CC[C@@H]2COCC1OC1(C)C. The number of fused-ring (bicyclic) bond motifs is 1. The van der Waals surface area contributed by atoms with Gasteiger partial charge in [-0.1, -0.05) is 36.8 Å². The molecule has 3 saturated carbocycles. The number of hydrogen-bond acceptors (Lipinski definition) is 3. The molecule has 0 N–H and O–H groups in total. The lowest BCUT2D eigenvalue weighted by molar-refractivity contribution is 0.0292. The molecule has 162 valence electrons. The van der Waals surface area contributed by atoms with Crippen LogP contribution in [0.2, 0.25) is 0 Å². The van der Waals surface area contributed by atoms with Gasteiger partial charge < -0.3 is 14.2 Å². The highest BCUT2D eigenvalue weighted by Crippen LogP contribution is 2.57. The van der Waals surface area contributed by atoms with Gasteiger partial charge in [0.05, 0.1) is 24.9 Å². The van der Waals surface area contributed by atoms with E-state index in [0.717, 1.165) is 32.5 Å². The summed E-state index contributed by atoms with van der Waals surface area (Å²) in [6.07, 6.45) is 15.1. The molecule has 0 aromatic rings. The molecule has 3 aliphatic carbocycles. The summed E-state index contributed by atoms with van der Waals surface area (Å²) in [4.78, 5) is 0. The second-order valence-electron chi connectivity index (χ2n) is 10.6. The van der Waals surface area contributed by atoms with Gasteiger partial charge in [-0.15, -0.1) is 0 Å². The lowest BCUT2D eigenvalue weighted by Crippen LogP contribution is -2.35. The van der Waals surface area contributed by atoms with Gasteiger partial charge in [-0.05, 0) is 88.0 Å². The summed E-state index contributed by atoms with van der Waals surface area (Å²) in [6.45, 7) is 12.8. The van der Waals surface area contributed by atoms with Gasteiger partial charge in [0.15, 0.2) is 0 Å². The Bertz CT molecular complexity index is 688. The molecule has 1 saturated heterocycles. The van der Waals surface area contributed by atoms with Crippen LogP contribution in [0.25, 0.3) is 0 Å². The van der Waals surface area contributed by atoms with Gasteiger partial charge in [-0.3, -0.25) is 0 Å². The van der Waals surface area contributed by atoms with Crippen molar-refractivity contribution >= 4 is 0 Å². The summed E-state index contributed by atoms with van der Waals surface area (Å²) >= 11 is 0. The molecule has 0 amide bonds. The van der Waals surface area contributed by atoms with Crippen molar-refractivity contribution < 1.29 is 14.2 Å². The number of ether oxygens (including phenoxy) is 3. The quantitative estimate of drug-likeness (QED) is 0.512. The average Bonchev–Trinajstić information content (AvgIpc) is 3.15. The summed E-state index contributed by atoms with van der Waals surface area (Å²) in [5.74, 6) is 1.39. The molecule has 5 atom stereocenters. The first-order valence-electron chi connectivity index (χ1n) is 11.7. The van der Waals surface area contributed by atoms with Crippen molar-refractivity contribution in [1.82, 2.24) is 0 Å². The van der Waals surface area contributed by atoms with Crippen LogP contribution in [0.4, 0.5) is 0 Å². The van der Waals surface area contributed by atoms with Crippen molar-refractivity contribution in [2.24, 2.45) is 17.3 Å². The van der Waals surface area contributed by atoms with Crippen LogP contribution in [0.3, 0.4) is 0 Å². The van der Waals surface area contributed by atoms with Crippen molar-refractivity contribution in [3.8, 4) is 0 Å². The molecule has 4 aliphatic rings. The van der Waals surface area contributed by atoms with Gasteiger partial charge in [-0.25, -0.2) is 0 Å². The van der Waals surface area contributed by atoms with E-state index in [1.807, 2.05) is 7.11 Å². The van der Waals surface area contributed by atoms with Crippen LogP contribution < -0.4 is 0 Å². The van der Waals surface area contributed by atoms with Gasteiger partial charge in [-0.2, -0.15) is 0 Å². The van der Waals surface area contributed by atoms with E-state index in [0.29, 0.717) is 29.5 Å². The molecular weight excluding hydrogens is 360 g/mol. The van der Waals surface area contributed by atoms with E-state index >= 15 is 0 Å².